The third-order valence-electron chi connectivity index (χ3n) is 2.80. The normalized spacial score (nSPS) is 12.3. The SMILES string of the molecule is CCOCOc1c(Cl)cc(CC(N)CC)cc1OC. The number of halogens is 1. The van der Waals surface area contributed by atoms with Crippen molar-refractivity contribution >= 4 is 11.6 Å². The second kappa shape index (κ2) is 8.25. The summed E-state index contributed by atoms with van der Waals surface area (Å²) in [6, 6.07) is 3.89. The maximum absolute atomic E-state index is 6.22. The summed E-state index contributed by atoms with van der Waals surface area (Å²) < 4.78 is 15.9. The van der Waals surface area contributed by atoms with Gasteiger partial charge in [-0.05, 0) is 37.5 Å². The van der Waals surface area contributed by atoms with Crippen molar-refractivity contribution in [2.24, 2.45) is 5.73 Å². The van der Waals surface area contributed by atoms with E-state index in [1.165, 1.54) is 0 Å². The molecule has 108 valence electrons. The van der Waals surface area contributed by atoms with Crippen LogP contribution in [0.3, 0.4) is 0 Å². The van der Waals surface area contributed by atoms with Crippen molar-refractivity contribution in [1.82, 2.24) is 0 Å². The van der Waals surface area contributed by atoms with Crippen molar-refractivity contribution in [2.45, 2.75) is 32.7 Å². The Balaban J connectivity index is 2.87. The van der Waals surface area contributed by atoms with E-state index in [9.17, 15) is 0 Å². The first kappa shape index (κ1) is 16.1. The fraction of sp³-hybridized carbons (Fsp3) is 0.571. The summed E-state index contributed by atoms with van der Waals surface area (Å²) >= 11 is 6.22. The Labute approximate surface area is 119 Å². The molecular weight excluding hydrogens is 266 g/mol. The zero-order valence-corrected chi connectivity index (χ0v) is 12.5. The Morgan fingerprint density at radius 1 is 1.32 bits per heavy atom. The lowest BCUT2D eigenvalue weighted by atomic mass is 10.0. The maximum atomic E-state index is 6.22. The van der Waals surface area contributed by atoms with E-state index in [1.54, 1.807) is 7.11 Å². The second-order valence-electron chi connectivity index (χ2n) is 4.24. The van der Waals surface area contributed by atoms with E-state index >= 15 is 0 Å². The van der Waals surface area contributed by atoms with E-state index in [0.717, 1.165) is 18.4 Å². The van der Waals surface area contributed by atoms with Crippen LogP contribution >= 0.6 is 11.6 Å². The largest absolute Gasteiger partial charge is 0.493 e. The molecule has 0 saturated heterocycles. The molecule has 5 heteroatoms. The first-order valence-electron chi connectivity index (χ1n) is 6.44. The first-order chi connectivity index (χ1) is 9.12. The lowest BCUT2D eigenvalue weighted by Gasteiger charge is -2.15. The number of methoxy groups -OCH3 is 1. The lowest BCUT2D eigenvalue weighted by Crippen LogP contribution is -2.21. The fourth-order valence-corrected chi connectivity index (χ4v) is 1.95. The molecule has 0 amide bonds. The minimum Gasteiger partial charge on any atom is -0.493 e. The van der Waals surface area contributed by atoms with Gasteiger partial charge in [0.15, 0.2) is 18.3 Å². The average Bonchev–Trinajstić information content (AvgIpc) is 2.40. The van der Waals surface area contributed by atoms with Crippen molar-refractivity contribution in [3.8, 4) is 11.5 Å². The van der Waals surface area contributed by atoms with Crippen LogP contribution in [0.1, 0.15) is 25.8 Å². The molecule has 0 aromatic heterocycles. The number of ether oxygens (including phenoxy) is 3. The summed E-state index contributed by atoms with van der Waals surface area (Å²) in [5.74, 6) is 1.11. The van der Waals surface area contributed by atoms with Crippen LogP contribution in [0, 0.1) is 0 Å². The van der Waals surface area contributed by atoms with E-state index in [-0.39, 0.29) is 12.8 Å². The summed E-state index contributed by atoms with van der Waals surface area (Å²) in [6.45, 7) is 4.70. The minimum absolute atomic E-state index is 0.121. The number of benzene rings is 1. The van der Waals surface area contributed by atoms with Crippen molar-refractivity contribution in [1.29, 1.82) is 0 Å². The molecule has 1 aromatic rings. The van der Waals surface area contributed by atoms with Crippen LogP contribution in [0.15, 0.2) is 12.1 Å². The molecule has 4 nitrogen and oxygen atoms in total. The number of rotatable bonds is 8. The van der Waals surface area contributed by atoms with Crippen LogP contribution < -0.4 is 15.2 Å². The molecule has 0 bridgehead atoms. The lowest BCUT2D eigenvalue weighted by molar-refractivity contribution is 0.0209. The average molecular weight is 288 g/mol. The third kappa shape index (κ3) is 4.90. The molecule has 19 heavy (non-hydrogen) atoms. The second-order valence-corrected chi connectivity index (χ2v) is 4.64. The molecule has 0 saturated carbocycles. The molecule has 0 aliphatic heterocycles. The summed E-state index contributed by atoms with van der Waals surface area (Å²) in [6.07, 6.45) is 1.68. The molecule has 0 heterocycles. The Hall–Kier alpha value is -0.970. The molecule has 1 aromatic carbocycles. The molecular formula is C14H22ClNO3. The van der Waals surface area contributed by atoms with E-state index < -0.39 is 0 Å². The number of hydrogen-bond acceptors (Lipinski definition) is 4. The van der Waals surface area contributed by atoms with Gasteiger partial charge in [-0.3, -0.25) is 0 Å². The topological polar surface area (TPSA) is 53.7 Å². The van der Waals surface area contributed by atoms with Crippen molar-refractivity contribution < 1.29 is 14.2 Å². The molecule has 2 N–H and O–H groups in total. The van der Waals surface area contributed by atoms with Crippen LogP contribution in [0.4, 0.5) is 0 Å². The van der Waals surface area contributed by atoms with Crippen molar-refractivity contribution in [3.05, 3.63) is 22.7 Å². The van der Waals surface area contributed by atoms with Gasteiger partial charge in [-0.1, -0.05) is 18.5 Å². The van der Waals surface area contributed by atoms with Crippen LogP contribution in [0.2, 0.25) is 5.02 Å². The van der Waals surface area contributed by atoms with Crippen LogP contribution in [-0.2, 0) is 11.2 Å². The van der Waals surface area contributed by atoms with Gasteiger partial charge in [-0.25, -0.2) is 0 Å². The fourth-order valence-electron chi connectivity index (χ4n) is 1.66. The minimum atomic E-state index is 0.121. The highest BCUT2D eigenvalue weighted by atomic mass is 35.5. The van der Waals surface area contributed by atoms with E-state index in [2.05, 4.69) is 6.92 Å². The van der Waals surface area contributed by atoms with E-state index in [1.807, 2.05) is 19.1 Å². The number of nitrogens with two attached hydrogens (primary N) is 1. The van der Waals surface area contributed by atoms with Gasteiger partial charge in [0.25, 0.3) is 0 Å². The highest BCUT2D eigenvalue weighted by Crippen LogP contribution is 2.36. The Kier molecular flexibility index (Phi) is 6.99. The van der Waals surface area contributed by atoms with Gasteiger partial charge in [0.1, 0.15) is 0 Å². The van der Waals surface area contributed by atoms with Gasteiger partial charge in [0.05, 0.1) is 12.1 Å². The van der Waals surface area contributed by atoms with E-state index in [0.29, 0.717) is 23.1 Å². The van der Waals surface area contributed by atoms with E-state index in [4.69, 9.17) is 31.5 Å². The van der Waals surface area contributed by atoms with Gasteiger partial charge in [-0.15, -0.1) is 0 Å². The van der Waals surface area contributed by atoms with Gasteiger partial charge in [-0.2, -0.15) is 0 Å². The van der Waals surface area contributed by atoms with Crippen LogP contribution in [-0.4, -0.2) is 26.6 Å². The molecule has 0 aliphatic carbocycles. The monoisotopic (exact) mass is 287 g/mol. The standard InChI is InChI=1S/C14H22ClNO3/c1-4-11(16)6-10-7-12(15)14(13(8-10)17-3)19-9-18-5-2/h7-8,11H,4-6,9,16H2,1-3H3. The quantitative estimate of drug-likeness (QED) is 0.590. The summed E-state index contributed by atoms with van der Waals surface area (Å²) in [5.41, 5.74) is 6.99. The van der Waals surface area contributed by atoms with Gasteiger partial charge in [0, 0.05) is 12.6 Å². The predicted molar refractivity (Wildman–Crippen MR) is 77.1 cm³/mol. The number of hydrogen-bond donors (Lipinski definition) is 1. The molecule has 1 atom stereocenters. The van der Waals surface area contributed by atoms with Gasteiger partial charge in [0.2, 0.25) is 0 Å². The van der Waals surface area contributed by atoms with Crippen molar-refractivity contribution in [3.63, 3.8) is 0 Å². The molecule has 1 rings (SSSR count). The zero-order chi connectivity index (χ0) is 14.3. The highest BCUT2D eigenvalue weighted by Gasteiger charge is 2.13. The zero-order valence-electron chi connectivity index (χ0n) is 11.7. The summed E-state index contributed by atoms with van der Waals surface area (Å²) in [7, 11) is 1.59. The Morgan fingerprint density at radius 3 is 2.63 bits per heavy atom. The molecule has 1 unspecified atom stereocenters. The Morgan fingerprint density at radius 2 is 2.05 bits per heavy atom. The first-order valence-corrected chi connectivity index (χ1v) is 6.82. The van der Waals surface area contributed by atoms with Crippen LogP contribution in [0.5, 0.6) is 11.5 Å². The van der Waals surface area contributed by atoms with Crippen molar-refractivity contribution in [2.75, 3.05) is 20.5 Å². The third-order valence-corrected chi connectivity index (χ3v) is 3.08. The molecule has 0 radical (unpaired) electrons. The highest BCUT2D eigenvalue weighted by molar-refractivity contribution is 6.32. The van der Waals surface area contributed by atoms with Gasteiger partial charge >= 0.3 is 0 Å². The smallest absolute Gasteiger partial charge is 0.189 e. The molecule has 0 spiro atoms. The summed E-state index contributed by atoms with van der Waals surface area (Å²) in [5, 5.41) is 0.511. The molecule has 0 fully saturated rings. The maximum Gasteiger partial charge on any atom is 0.189 e. The summed E-state index contributed by atoms with van der Waals surface area (Å²) in [4.78, 5) is 0. The predicted octanol–water partition coefficient (Wildman–Crippen LogP) is 3.00. The van der Waals surface area contributed by atoms with Crippen LogP contribution in [0.25, 0.3) is 0 Å². The Bertz CT molecular complexity index is 399. The van der Waals surface area contributed by atoms with Gasteiger partial charge < -0.3 is 19.9 Å². The molecule has 0 aliphatic rings.